The van der Waals surface area contributed by atoms with Gasteiger partial charge in [0, 0.05) is 6.54 Å². The van der Waals surface area contributed by atoms with Gasteiger partial charge in [-0.25, -0.2) is 4.79 Å². The first-order valence-corrected chi connectivity index (χ1v) is 7.77. The zero-order valence-corrected chi connectivity index (χ0v) is 12.5. The van der Waals surface area contributed by atoms with E-state index in [-0.39, 0.29) is 17.9 Å². The Bertz CT molecular complexity index is 393. The fourth-order valence-electron chi connectivity index (χ4n) is 3.42. The average Bonchev–Trinajstić information content (AvgIpc) is 3.01. The molecule has 0 spiro atoms. The number of nitrogens with zero attached hydrogens (tertiary/aromatic N) is 1. The monoisotopic (exact) mass is 296 g/mol. The van der Waals surface area contributed by atoms with Crippen LogP contribution in [0.15, 0.2) is 0 Å². The summed E-state index contributed by atoms with van der Waals surface area (Å²) in [7, 11) is 1.29. The number of alkyl carbamates (subject to hydrolysis) is 1. The largest absolute Gasteiger partial charge is 0.453 e. The fraction of sp³-hybridized carbons (Fsp3) is 0.800. The maximum absolute atomic E-state index is 12.8. The van der Waals surface area contributed by atoms with Crippen LogP contribution in [0, 0.1) is 5.92 Å². The molecule has 21 heavy (non-hydrogen) atoms. The highest BCUT2D eigenvalue weighted by molar-refractivity contribution is 5.88. The molecular formula is C15H24N2O4. The van der Waals surface area contributed by atoms with Gasteiger partial charge in [0.2, 0.25) is 5.91 Å². The lowest BCUT2D eigenvalue weighted by molar-refractivity contribution is -0.138. The first-order chi connectivity index (χ1) is 10.2. The standard InChI is InChI=1S/C15H24N2O4/c1-21-15(20)16-13(11-6-3-2-4-7-11)14(19)17-9-5-8-12(17)10-18/h10-13H,2-9H2,1H3,(H,16,20)/t12-,13-/m0/s1. The predicted molar refractivity (Wildman–Crippen MR) is 76.7 cm³/mol. The highest BCUT2D eigenvalue weighted by Gasteiger charge is 2.38. The predicted octanol–water partition coefficient (Wildman–Crippen LogP) is 1.48. The van der Waals surface area contributed by atoms with Gasteiger partial charge >= 0.3 is 6.09 Å². The molecule has 2 aliphatic rings. The Morgan fingerprint density at radius 2 is 1.90 bits per heavy atom. The molecule has 118 valence electrons. The highest BCUT2D eigenvalue weighted by Crippen LogP contribution is 2.29. The van der Waals surface area contributed by atoms with Crippen LogP contribution in [0.1, 0.15) is 44.9 Å². The van der Waals surface area contributed by atoms with Crippen molar-refractivity contribution in [3.05, 3.63) is 0 Å². The van der Waals surface area contributed by atoms with E-state index in [0.717, 1.165) is 38.4 Å². The highest BCUT2D eigenvalue weighted by atomic mass is 16.5. The van der Waals surface area contributed by atoms with Crippen molar-refractivity contribution in [2.45, 2.75) is 57.0 Å². The van der Waals surface area contributed by atoms with Crippen LogP contribution in [0.25, 0.3) is 0 Å². The van der Waals surface area contributed by atoms with Gasteiger partial charge in [-0.05, 0) is 31.6 Å². The van der Waals surface area contributed by atoms with Crippen molar-refractivity contribution in [2.24, 2.45) is 5.92 Å². The topological polar surface area (TPSA) is 75.7 Å². The lowest BCUT2D eigenvalue weighted by atomic mass is 9.83. The van der Waals surface area contributed by atoms with Crippen molar-refractivity contribution in [1.29, 1.82) is 0 Å². The van der Waals surface area contributed by atoms with Crippen LogP contribution in [-0.4, -0.2) is 48.9 Å². The zero-order valence-electron chi connectivity index (χ0n) is 12.5. The number of ether oxygens (including phenoxy) is 1. The number of aldehydes is 1. The van der Waals surface area contributed by atoms with E-state index in [2.05, 4.69) is 10.1 Å². The quantitative estimate of drug-likeness (QED) is 0.797. The smallest absolute Gasteiger partial charge is 0.407 e. The lowest BCUT2D eigenvalue weighted by Crippen LogP contribution is -2.54. The Balaban J connectivity index is 2.10. The molecule has 1 heterocycles. The van der Waals surface area contributed by atoms with Gasteiger partial charge in [0.05, 0.1) is 13.2 Å². The van der Waals surface area contributed by atoms with E-state index in [1.165, 1.54) is 13.5 Å². The van der Waals surface area contributed by atoms with Gasteiger partial charge in [-0.15, -0.1) is 0 Å². The molecule has 0 radical (unpaired) electrons. The molecule has 1 aliphatic heterocycles. The number of nitrogens with one attached hydrogen (secondary N) is 1. The van der Waals surface area contributed by atoms with Gasteiger partial charge in [0.15, 0.2) is 0 Å². The van der Waals surface area contributed by atoms with E-state index in [4.69, 9.17) is 0 Å². The Labute approximate surface area is 125 Å². The Morgan fingerprint density at radius 3 is 2.52 bits per heavy atom. The Morgan fingerprint density at radius 1 is 1.19 bits per heavy atom. The van der Waals surface area contributed by atoms with Crippen LogP contribution in [0.5, 0.6) is 0 Å². The number of carbonyl (C=O) groups excluding carboxylic acids is 3. The SMILES string of the molecule is COC(=O)N[C@H](C(=O)N1CCC[C@H]1C=O)C1CCCCC1. The number of hydrogen-bond donors (Lipinski definition) is 1. The minimum absolute atomic E-state index is 0.137. The van der Waals surface area contributed by atoms with E-state index in [0.29, 0.717) is 13.0 Å². The molecule has 0 aromatic carbocycles. The second-order valence-electron chi connectivity index (χ2n) is 5.89. The summed E-state index contributed by atoms with van der Waals surface area (Å²) >= 11 is 0. The molecular weight excluding hydrogens is 272 g/mol. The minimum atomic E-state index is -0.583. The lowest BCUT2D eigenvalue weighted by Gasteiger charge is -2.33. The summed E-state index contributed by atoms with van der Waals surface area (Å²) in [6.45, 7) is 0.592. The van der Waals surface area contributed by atoms with E-state index in [1.54, 1.807) is 4.90 Å². The van der Waals surface area contributed by atoms with Gasteiger partial charge in [-0.1, -0.05) is 19.3 Å². The third-order valence-electron chi connectivity index (χ3n) is 4.59. The molecule has 2 fully saturated rings. The van der Waals surface area contributed by atoms with Crippen LogP contribution >= 0.6 is 0 Å². The van der Waals surface area contributed by atoms with E-state index in [9.17, 15) is 14.4 Å². The van der Waals surface area contributed by atoms with Gasteiger partial charge < -0.3 is 19.7 Å². The molecule has 0 bridgehead atoms. The van der Waals surface area contributed by atoms with Crippen LogP contribution < -0.4 is 5.32 Å². The van der Waals surface area contributed by atoms with Crippen molar-refractivity contribution < 1.29 is 19.1 Å². The molecule has 0 aromatic heterocycles. The average molecular weight is 296 g/mol. The molecule has 1 aliphatic carbocycles. The van der Waals surface area contributed by atoms with Gasteiger partial charge in [0.25, 0.3) is 0 Å². The molecule has 6 heteroatoms. The third kappa shape index (κ3) is 3.74. The number of methoxy groups -OCH3 is 1. The molecule has 0 aromatic rings. The number of amides is 2. The van der Waals surface area contributed by atoms with Gasteiger partial charge in [0.1, 0.15) is 12.3 Å². The van der Waals surface area contributed by atoms with Crippen LogP contribution in [0.2, 0.25) is 0 Å². The molecule has 1 N–H and O–H groups in total. The molecule has 2 amide bonds. The third-order valence-corrected chi connectivity index (χ3v) is 4.59. The molecule has 1 saturated carbocycles. The van der Waals surface area contributed by atoms with Crippen molar-refractivity contribution in [2.75, 3.05) is 13.7 Å². The van der Waals surface area contributed by atoms with Crippen molar-refractivity contribution in [3.63, 3.8) is 0 Å². The summed E-state index contributed by atoms with van der Waals surface area (Å²) in [6.07, 6.45) is 7.00. The molecule has 2 atom stereocenters. The minimum Gasteiger partial charge on any atom is -0.453 e. The number of rotatable bonds is 4. The van der Waals surface area contributed by atoms with Gasteiger partial charge in [-0.2, -0.15) is 0 Å². The molecule has 2 rings (SSSR count). The zero-order chi connectivity index (χ0) is 15.2. The molecule has 1 saturated heterocycles. The fourth-order valence-corrected chi connectivity index (χ4v) is 3.42. The summed E-state index contributed by atoms with van der Waals surface area (Å²) < 4.78 is 4.65. The second-order valence-corrected chi connectivity index (χ2v) is 5.89. The summed E-state index contributed by atoms with van der Waals surface area (Å²) in [5.41, 5.74) is 0. The maximum atomic E-state index is 12.8. The van der Waals surface area contributed by atoms with Crippen molar-refractivity contribution in [3.8, 4) is 0 Å². The first-order valence-electron chi connectivity index (χ1n) is 7.77. The summed E-state index contributed by atoms with van der Waals surface area (Å²) in [4.78, 5) is 37.0. The number of hydrogen-bond acceptors (Lipinski definition) is 4. The molecule has 6 nitrogen and oxygen atoms in total. The summed E-state index contributed by atoms with van der Waals surface area (Å²) in [5, 5.41) is 2.69. The second kappa shape index (κ2) is 7.43. The Kier molecular flexibility index (Phi) is 5.59. The van der Waals surface area contributed by atoms with Crippen molar-refractivity contribution in [1.82, 2.24) is 10.2 Å². The van der Waals surface area contributed by atoms with Crippen LogP contribution in [0.4, 0.5) is 4.79 Å². The van der Waals surface area contributed by atoms with Crippen LogP contribution in [0.3, 0.4) is 0 Å². The summed E-state index contributed by atoms with van der Waals surface area (Å²) in [6, 6.07) is -0.915. The number of likely N-dealkylation sites (tertiary alicyclic amines) is 1. The molecule has 0 unspecified atom stereocenters. The normalized spacial score (nSPS) is 24.4. The number of carbonyl (C=O) groups is 3. The van der Waals surface area contributed by atoms with Gasteiger partial charge in [-0.3, -0.25) is 4.79 Å². The van der Waals surface area contributed by atoms with Crippen LogP contribution in [-0.2, 0) is 14.3 Å². The maximum Gasteiger partial charge on any atom is 0.407 e. The first kappa shape index (κ1) is 15.8. The Hall–Kier alpha value is -1.59. The van der Waals surface area contributed by atoms with E-state index >= 15 is 0 Å². The van der Waals surface area contributed by atoms with E-state index in [1.807, 2.05) is 0 Å². The summed E-state index contributed by atoms with van der Waals surface area (Å²) in [5.74, 6) is 0.000141. The van der Waals surface area contributed by atoms with E-state index < -0.39 is 12.1 Å². The van der Waals surface area contributed by atoms with Crippen molar-refractivity contribution >= 4 is 18.3 Å².